The lowest BCUT2D eigenvalue weighted by Gasteiger charge is -2.05. The summed E-state index contributed by atoms with van der Waals surface area (Å²) in [4.78, 5) is 30.1. The molecular weight excluding hydrogens is 258 g/mol. The molecule has 0 bridgehead atoms. The van der Waals surface area contributed by atoms with E-state index in [4.69, 9.17) is 7.85 Å². The fourth-order valence-electron chi connectivity index (χ4n) is 1.51. The molecule has 0 fully saturated rings. The van der Waals surface area contributed by atoms with Crippen LogP contribution in [0.15, 0.2) is 36.7 Å². The first kappa shape index (κ1) is 11.1. The molecule has 1 amide bonds. The Morgan fingerprint density at radius 2 is 2.05 bits per heavy atom. The van der Waals surface area contributed by atoms with Gasteiger partial charge in [0.2, 0.25) is 0 Å². The van der Waals surface area contributed by atoms with Gasteiger partial charge in [0, 0.05) is 12.6 Å². The predicted molar refractivity (Wildman–Crippen MR) is 71.3 cm³/mol. The fraction of sp³-hybridized carbons (Fsp3) is 0.143. The van der Waals surface area contributed by atoms with E-state index in [1.807, 2.05) is 13.0 Å². The number of hydrogen-bond acceptors (Lipinski definition) is 4. The van der Waals surface area contributed by atoms with Gasteiger partial charge in [-0.25, -0.2) is 14.8 Å². The molecule has 0 aliphatic carbocycles. The summed E-state index contributed by atoms with van der Waals surface area (Å²) in [6.45, 7) is -0.303. The van der Waals surface area contributed by atoms with Gasteiger partial charge in [-0.1, -0.05) is 29.8 Å². The number of aryl methyl sites for hydroxylation is 1. The molecule has 1 aromatic heterocycles. The second-order valence-electron chi connectivity index (χ2n) is 4.04. The molecule has 2 N–H and O–H groups in total. The smallest absolute Gasteiger partial charge is 0.354 e. The molecule has 0 saturated carbocycles. The molecule has 102 valence electrons. The molecule has 0 aliphatic rings. The van der Waals surface area contributed by atoms with Gasteiger partial charge < -0.3 is 10.4 Å². The predicted octanol–water partition coefficient (Wildman–Crippen LogP) is 1.41. The third-order valence-corrected chi connectivity index (χ3v) is 2.46. The number of aromatic nitrogens is 2. The van der Waals surface area contributed by atoms with E-state index in [-0.39, 0.29) is 17.0 Å². The standard InChI is InChI=1S/C14H13N3O3/c1-9-3-2-4-10(5-9)7-15-13(18)11-6-12(14(19)20)17-8-16-11/h2-6,8H,7H2,1H3,(H,15,18)(H,19,20)/i7D2. The maximum atomic E-state index is 12.1. The normalized spacial score (nSPS) is 12.2. The quantitative estimate of drug-likeness (QED) is 0.878. The number of nitrogens with zero attached hydrogens (tertiary/aromatic N) is 2. The van der Waals surface area contributed by atoms with Crippen molar-refractivity contribution < 1.29 is 17.4 Å². The van der Waals surface area contributed by atoms with Crippen LogP contribution in [0, 0.1) is 6.92 Å². The number of carboxylic acid groups (broad SMARTS) is 1. The highest BCUT2D eigenvalue weighted by Gasteiger charge is 2.11. The number of aromatic carboxylic acids is 1. The van der Waals surface area contributed by atoms with E-state index in [0.29, 0.717) is 0 Å². The average Bonchev–Trinajstić information content (AvgIpc) is 2.47. The molecule has 2 rings (SSSR count). The zero-order valence-electron chi connectivity index (χ0n) is 12.6. The topological polar surface area (TPSA) is 92.2 Å². The van der Waals surface area contributed by atoms with Crippen molar-refractivity contribution in [2.24, 2.45) is 0 Å². The van der Waals surface area contributed by atoms with Crippen molar-refractivity contribution in [3.63, 3.8) is 0 Å². The number of carbonyl (C=O) groups is 2. The molecule has 1 aromatic carbocycles. The van der Waals surface area contributed by atoms with E-state index in [2.05, 4.69) is 15.3 Å². The van der Waals surface area contributed by atoms with Crippen molar-refractivity contribution in [3.8, 4) is 0 Å². The number of rotatable bonds is 4. The number of carbonyl (C=O) groups excluding carboxylic acids is 1. The van der Waals surface area contributed by atoms with Crippen LogP contribution in [0.1, 0.15) is 34.8 Å². The van der Waals surface area contributed by atoms with Crippen LogP contribution in [-0.2, 0) is 6.50 Å². The lowest BCUT2D eigenvalue weighted by molar-refractivity contribution is 0.0690. The van der Waals surface area contributed by atoms with Gasteiger partial charge in [-0.3, -0.25) is 4.79 Å². The Hall–Kier alpha value is -2.76. The molecule has 20 heavy (non-hydrogen) atoms. The van der Waals surface area contributed by atoms with Crippen LogP contribution in [0.2, 0.25) is 0 Å². The van der Waals surface area contributed by atoms with Crippen molar-refractivity contribution in [2.45, 2.75) is 13.4 Å². The Morgan fingerprint density at radius 3 is 2.75 bits per heavy atom. The summed E-state index contributed by atoms with van der Waals surface area (Å²) in [5, 5.41) is 11.0. The summed E-state index contributed by atoms with van der Waals surface area (Å²) in [6, 6.07) is 7.65. The van der Waals surface area contributed by atoms with Crippen molar-refractivity contribution in [2.75, 3.05) is 0 Å². The van der Waals surface area contributed by atoms with Crippen molar-refractivity contribution in [1.82, 2.24) is 15.3 Å². The van der Waals surface area contributed by atoms with E-state index in [1.54, 1.807) is 18.2 Å². The second-order valence-corrected chi connectivity index (χ2v) is 4.04. The first-order valence-corrected chi connectivity index (χ1v) is 5.74. The van der Waals surface area contributed by atoms with Crippen molar-refractivity contribution in [3.05, 3.63) is 59.2 Å². The number of hydrogen-bond donors (Lipinski definition) is 2. The van der Waals surface area contributed by atoms with Crippen molar-refractivity contribution >= 4 is 11.9 Å². The monoisotopic (exact) mass is 273 g/mol. The zero-order valence-corrected chi connectivity index (χ0v) is 10.6. The lowest BCUT2D eigenvalue weighted by atomic mass is 10.1. The van der Waals surface area contributed by atoms with Crippen LogP contribution in [0.5, 0.6) is 0 Å². The van der Waals surface area contributed by atoms with Crippen molar-refractivity contribution in [1.29, 1.82) is 0 Å². The van der Waals surface area contributed by atoms with E-state index >= 15 is 0 Å². The summed E-state index contributed by atoms with van der Waals surface area (Å²) in [7, 11) is 0. The van der Waals surface area contributed by atoms with E-state index in [1.165, 1.54) is 0 Å². The Labute approximate surface area is 118 Å². The summed E-state index contributed by atoms with van der Waals surface area (Å²) >= 11 is 0. The van der Waals surface area contributed by atoms with Gasteiger partial charge >= 0.3 is 5.97 Å². The minimum atomic E-state index is -2.11. The van der Waals surface area contributed by atoms with E-state index in [0.717, 1.165) is 18.0 Å². The molecule has 0 unspecified atom stereocenters. The van der Waals surface area contributed by atoms with Gasteiger partial charge in [0.1, 0.15) is 12.0 Å². The number of carboxylic acids is 1. The molecule has 0 atom stereocenters. The maximum Gasteiger partial charge on any atom is 0.354 e. The third kappa shape index (κ3) is 3.38. The molecule has 6 heteroatoms. The molecule has 1 heterocycles. The van der Waals surface area contributed by atoms with Crippen LogP contribution in [0.25, 0.3) is 0 Å². The van der Waals surface area contributed by atoms with Crippen LogP contribution in [0.3, 0.4) is 0 Å². The van der Waals surface area contributed by atoms with Gasteiger partial charge in [0.05, 0.1) is 2.74 Å². The summed E-state index contributed by atoms with van der Waals surface area (Å²) in [5.41, 5.74) is 0.583. The Balaban J connectivity index is 2.24. The number of nitrogens with one attached hydrogen (secondary N) is 1. The molecule has 0 aliphatic heterocycles. The molecule has 0 radical (unpaired) electrons. The first-order valence-electron chi connectivity index (χ1n) is 6.74. The van der Waals surface area contributed by atoms with Gasteiger partial charge in [-0.05, 0) is 12.5 Å². The maximum absolute atomic E-state index is 12.1. The van der Waals surface area contributed by atoms with Crippen LogP contribution in [-0.4, -0.2) is 27.0 Å². The summed E-state index contributed by atoms with van der Waals surface area (Å²) < 4.78 is 15.9. The Kier molecular flexibility index (Phi) is 3.29. The van der Waals surface area contributed by atoms with Gasteiger partial charge in [0.15, 0.2) is 5.69 Å². The molecule has 0 saturated heterocycles. The fourth-order valence-corrected chi connectivity index (χ4v) is 1.51. The minimum absolute atomic E-state index is 0.219. The first-order chi connectivity index (χ1) is 10.3. The van der Waals surface area contributed by atoms with Crippen LogP contribution >= 0.6 is 0 Å². The van der Waals surface area contributed by atoms with Gasteiger partial charge in [0.25, 0.3) is 5.91 Å². The highest BCUT2D eigenvalue weighted by Crippen LogP contribution is 2.04. The molecule has 2 aromatic rings. The number of benzene rings is 1. The van der Waals surface area contributed by atoms with E-state index < -0.39 is 18.4 Å². The molecule has 0 spiro atoms. The molecule has 6 nitrogen and oxygen atoms in total. The Bertz CT molecular complexity index is 735. The highest BCUT2D eigenvalue weighted by molar-refractivity contribution is 5.94. The van der Waals surface area contributed by atoms with Crippen LogP contribution < -0.4 is 5.32 Å². The highest BCUT2D eigenvalue weighted by atomic mass is 16.4. The third-order valence-electron chi connectivity index (χ3n) is 2.46. The number of amides is 1. The lowest BCUT2D eigenvalue weighted by Crippen LogP contribution is -2.24. The minimum Gasteiger partial charge on any atom is -0.477 e. The second kappa shape index (κ2) is 5.92. The van der Waals surface area contributed by atoms with Gasteiger partial charge in [-0.2, -0.15) is 0 Å². The average molecular weight is 273 g/mol. The SMILES string of the molecule is [2H]C([2H])(NC(=O)c1cc(C(=O)O)ncn1)c1cccc(C)c1. The van der Waals surface area contributed by atoms with Crippen LogP contribution in [0.4, 0.5) is 0 Å². The molecular formula is C14H13N3O3. The largest absolute Gasteiger partial charge is 0.477 e. The van der Waals surface area contributed by atoms with Gasteiger partial charge in [-0.15, -0.1) is 0 Å². The summed E-state index contributed by atoms with van der Waals surface area (Å²) in [6.07, 6.45) is 0.945. The van der Waals surface area contributed by atoms with E-state index in [9.17, 15) is 9.59 Å². The zero-order chi connectivity index (χ0) is 16.3. The Morgan fingerprint density at radius 1 is 1.30 bits per heavy atom. The summed E-state index contributed by atoms with van der Waals surface area (Å²) in [5.74, 6) is -2.12.